The molecular weight excluding hydrogens is 454 g/mol. The summed E-state index contributed by atoms with van der Waals surface area (Å²) in [7, 11) is 0. The number of nitrogens with zero attached hydrogens (tertiary/aromatic N) is 3. The third-order valence-electron chi connectivity index (χ3n) is 7.26. The molecular formula is C33H41N3O. The van der Waals surface area contributed by atoms with Gasteiger partial charge in [-0.3, -0.25) is 4.57 Å². The van der Waals surface area contributed by atoms with Gasteiger partial charge >= 0.3 is 5.69 Å². The Bertz CT molecular complexity index is 1380. The first-order valence-electron chi connectivity index (χ1n) is 13.6. The second kappa shape index (κ2) is 11.3. The highest BCUT2D eigenvalue weighted by Gasteiger charge is 2.15. The molecule has 1 heterocycles. The molecule has 0 radical (unpaired) electrons. The molecule has 4 nitrogen and oxygen atoms in total. The van der Waals surface area contributed by atoms with E-state index in [0.717, 1.165) is 37.1 Å². The van der Waals surface area contributed by atoms with Crippen LogP contribution >= 0.6 is 0 Å². The summed E-state index contributed by atoms with van der Waals surface area (Å²) in [6.45, 7) is 14.3. The van der Waals surface area contributed by atoms with E-state index in [9.17, 15) is 4.79 Å². The standard InChI is InChI=1S/C33H41N3O/c1-7-21-35-31(34-36(32(35)37)23-27-14-19-30(20-15-27)33(4,5)6)10-8-9-26-12-17-28(18-13-26)29-16-11-24(2)25(3)22-29/h11-20,22H,7-10,21,23H2,1-6H3. The van der Waals surface area contributed by atoms with E-state index in [1.807, 2.05) is 4.57 Å². The zero-order chi connectivity index (χ0) is 26.6. The van der Waals surface area contributed by atoms with Crippen LogP contribution in [0.4, 0.5) is 0 Å². The van der Waals surface area contributed by atoms with Crippen LogP contribution in [0.1, 0.15) is 74.2 Å². The van der Waals surface area contributed by atoms with Crippen molar-refractivity contribution in [1.82, 2.24) is 14.3 Å². The molecule has 0 amide bonds. The Morgan fingerprint density at radius 3 is 2.05 bits per heavy atom. The van der Waals surface area contributed by atoms with E-state index in [2.05, 4.69) is 108 Å². The van der Waals surface area contributed by atoms with Gasteiger partial charge in [-0.15, -0.1) is 0 Å². The maximum Gasteiger partial charge on any atom is 0.346 e. The monoisotopic (exact) mass is 495 g/mol. The summed E-state index contributed by atoms with van der Waals surface area (Å²) in [6, 6.07) is 24.1. The Morgan fingerprint density at radius 2 is 1.43 bits per heavy atom. The molecule has 0 unspecified atom stereocenters. The number of aryl methyl sites for hydroxylation is 4. The molecule has 0 N–H and O–H groups in total. The lowest BCUT2D eigenvalue weighted by atomic mass is 9.87. The Hall–Kier alpha value is -3.40. The molecule has 0 fully saturated rings. The van der Waals surface area contributed by atoms with Gasteiger partial charge in [0, 0.05) is 13.0 Å². The van der Waals surface area contributed by atoms with Gasteiger partial charge < -0.3 is 0 Å². The zero-order valence-electron chi connectivity index (χ0n) is 23.3. The molecule has 0 aliphatic carbocycles. The molecule has 0 aliphatic heterocycles. The molecule has 0 spiro atoms. The number of hydrogen-bond donors (Lipinski definition) is 0. The molecule has 0 aliphatic rings. The van der Waals surface area contributed by atoms with Gasteiger partial charge in [0.2, 0.25) is 0 Å². The number of aromatic nitrogens is 3. The lowest BCUT2D eigenvalue weighted by Crippen LogP contribution is -2.26. The van der Waals surface area contributed by atoms with E-state index in [-0.39, 0.29) is 11.1 Å². The predicted molar refractivity (Wildman–Crippen MR) is 154 cm³/mol. The Labute approximate surface area is 222 Å². The van der Waals surface area contributed by atoms with Gasteiger partial charge in [-0.1, -0.05) is 94.4 Å². The van der Waals surface area contributed by atoms with Crippen molar-refractivity contribution in [2.75, 3.05) is 0 Å². The Kier molecular flexibility index (Phi) is 8.16. The SMILES string of the molecule is CCCn1c(CCCc2ccc(-c3ccc(C)c(C)c3)cc2)nn(Cc2ccc(C(C)(C)C)cc2)c1=O. The minimum Gasteiger partial charge on any atom is -0.279 e. The van der Waals surface area contributed by atoms with Crippen LogP contribution in [-0.2, 0) is 31.3 Å². The lowest BCUT2D eigenvalue weighted by Gasteiger charge is -2.19. The van der Waals surface area contributed by atoms with E-state index in [0.29, 0.717) is 13.1 Å². The van der Waals surface area contributed by atoms with Crippen LogP contribution in [0.3, 0.4) is 0 Å². The van der Waals surface area contributed by atoms with Crippen LogP contribution in [0.5, 0.6) is 0 Å². The summed E-state index contributed by atoms with van der Waals surface area (Å²) in [4.78, 5) is 13.1. The van der Waals surface area contributed by atoms with Gasteiger partial charge in [0.1, 0.15) is 5.82 Å². The summed E-state index contributed by atoms with van der Waals surface area (Å²) in [5, 5.41) is 4.76. The normalized spacial score (nSPS) is 11.7. The van der Waals surface area contributed by atoms with Crippen molar-refractivity contribution in [3.63, 3.8) is 0 Å². The molecule has 4 heteroatoms. The van der Waals surface area contributed by atoms with E-state index < -0.39 is 0 Å². The smallest absolute Gasteiger partial charge is 0.279 e. The maximum absolute atomic E-state index is 13.1. The molecule has 0 atom stereocenters. The molecule has 3 aromatic carbocycles. The van der Waals surface area contributed by atoms with Crippen molar-refractivity contribution in [1.29, 1.82) is 0 Å². The van der Waals surface area contributed by atoms with E-state index in [1.165, 1.54) is 33.4 Å². The summed E-state index contributed by atoms with van der Waals surface area (Å²) in [5.74, 6) is 0.893. The second-order valence-electron chi connectivity index (χ2n) is 11.3. The molecule has 4 rings (SSSR count). The van der Waals surface area contributed by atoms with Crippen molar-refractivity contribution >= 4 is 0 Å². The average molecular weight is 496 g/mol. The van der Waals surface area contributed by atoms with Crippen molar-refractivity contribution in [2.24, 2.45) is 0 Å². The third-order valence-corrected chi connectivity index (χ3v) is 7.26. The quantitative estimate of drug-likeness (QED) is 0.245. The van der Waals surface area contributed by atoms with Gasteiger partial charge in [-0.05, 0) is 77.5 Å². The first-order chi connectivity index (χ1) is 17.7. The van der Waals surface area contributed by atoms with Crippen LogP contribution in [0.25, 0.3) is 11.1 Å². The first-order valence-corrected chi connectivity index (χ1v) is 13.6. The molecule has 0 saturated heterocycles. The Balaban J connectivity index is 1.42. The van der Waals surface area contributed by atoms with Crippen LogP contribution in [-0.4, -0.2) is 14.3 Å². The van der Waals surface area contributed by atoms with Gasteiger partial charge in [0.15, 0.2) is 0 Å². The fourth-order valence-electron chi connectivity index (χ4n) is 4.74. The van der Waals surface area contributed by atoms with E-state index in [4.69, 9.17) is 5.10 Å². The molecule has 0 bridgehead atoms. The minimum absolute atomic E-state index is 0.00510. The fraction of sp³-hybridized carbons (Fsp3) is 0.394. The summed E-state index contributed by atoms with van der Waals surface area (Å²) < 4.78 is 3.50. The van der Waals surface area contributed by atoms with Crippen LogP contribution < -0.4 is 5.69 Å². The van der Waals surface area contributed by atoms with Crippen molar-refractivity contribution in [2.45, 2.75) is 85.7 Å². The van der Waals surface area contributed by atoms with Gasteiger partial charge in [-0.2, -0.15) is 5.10 Å². The largest absolute Gasteiger partial charge is 0.346 e. The van der Waals surface area contributed by atoms with Crippen molar-refractivity contribution < 1.29 is 0 Å². The highest BCUT2D eigenvalue weighted by Crippen LogP contribution is 2.24. The van der Waals surface area contributed by atoms with E-state index >= 15 is 0 Å². The number of benzene rings is 3. The van der Waals surface area contributed by atoms with Crippen LogP contribution in [0.15, 0.2) is 71.5 Å². The highest BCUT2D eigenvalue weighted by molar-refractivity contribution is 5.65. The number of hydrogen-bond acceptors (Lipinski definition) is 2. The molecule has 194 valence electrons. The Morgan fingerprint density at radius 1 is 0.784 bits per heavy atom. The van der Waals surface area contributed by atoms with Gasteiger partial charge in [0.05, 0.1) is 6.54 Å². The molecule has 37 heavy (non-hydrogen) atoms. The van der Waals surface area contributed by atoms with Gasteiger partial charge in [-0.25, -0.2) is 9.48 Å². The predicted octanol–water partition coefficient (Wildman–Crippen LogP) is 7.26. The lowest BCUT2D eigenvalue weighted by molar-refractivity contribution is 0.587. The van der Waals surface area contributed by atoms with Crippen molar-refractivity contribution in [3.05, 3.63) is 111 Å². The first kappa shape index (κ1) is 26.7. The third kappa shape index (κ3) is 6.49. The molecule has 4 aromatic rings. The molecule has 0 saturated carbocycles. The minimum atomic E-state index is -0.00510. The average Bonchev–Trinajstić information content (AvgIpc) is 3.15. The zero-order valence-corrected chi connectivity index (χ0v) is 23.3. The molecule has 1 aromatic heterocycles. The van der Waals surface area contributed by atoms with Crippen LogP contribution in [0.2, 0.25) is 0 Å². The van der Waals surface area contributed by atoms with Gasteiger partial charge in [0.25, 0.3) is 0 Å². The highest BCUT2D eigenvalue weighted by atomic mass is 16.2. The fourth-order valence-corrected chi connectivity index (χ4v) is 4.74. The van der Waals surface area contributed by atoms with Crippen molar-refractivity contribution in [3.8, 4) is 11.1 Å². The maximum atomic E-state index is 13.1. The summed E-state index contributed by atoms with van der Waals surface area (Å²) in [5.41, 5.74) is 8.98. The van der Waals surface area contributed by atoms with Crippen LogP contribution in [0, 0.1) is 13.8 Å². The second-order valence-corrected chi connectivity index (χ2v) is 11.3. The summed E-state index contributed by atoms with van der Waals surface area (Å²) >= 11 is 0. The topological polar surface area (TPSA) is 39.8 Å². The van der Waals surface area contributed by atoms with E-state index in [1.54, 1.807) is 4.68 Å². The number of rotatable bonds is 9. The summed E-state index contributed by atoms with van der Waals surface area (Å²) in [6.07, 6.45) is 3.64.